The van der Waals surface area contributed by atoms with Crippen molar-refractivity contribution in [2.24, 2.45) is 0 Å². The molecule has 6 heteroatoms. The highest BCUT2D eigenvalue weighted by atomic mass is 79.9. The second-order valence-corrected chi connectivity index (χ2v) is 6.06. The molecule has 0 unspecified atom stereocenters. The van der Waals surface area contributed by atoms with Crippen molar-refractivity contribution in [3.63, 3.8) is 0 Å². The molecule has 1 aliphatic rings. The first-order chi connectivity index (χ1) is 10.3. The standard InChI is InChI=1S/C15H17BrN4O/c16-11-1-6-14(19-9-11)20-12-2-4-13(5-3-12)21-15-10-17-7-8-18-15/h1,6-10,12-13H,2-5H2,(H,19,20). The van der Waals surface area contributed by atoms with E-state index in [2.05, 4.69) is 36.2 Å². The van der Waals surface area contributed by atoms with Crippen LogP contribution in [0.25, 0.3) is 0 Å². The van der Waals surface area contributed by atoms with E-state index in [-0.39, 0.29) is 6.10 Å². The molecule has 5 nitrogen and oxygen atoms in total. The smallest absolute Gasteiger partial charge is 0.232 e. The number of rotatable bonds is 4. The van der Waals surface area contributed by atoms with Gasteiger partial charge in [-0.05, 0) is 53.7 Å². The van der Waals surface area contributed by atoms with Crippen molar-refractivity contribution < 1.29 is 4.74 Å². The van der Waals surface area contributed by atoms with Crippen LogP contribution in [0.5, 0.6) is 5.88 Å². The lowest BCUT2D eigenvalue weighted by atomic mass is 9.93. The molecule has 0 aromatic carbocycles. The van der Waals surface area contributed by atoms with Crippen LogP contribution in [0, 0.1) is 0 Å². The van der Waals surface area contributed by atoms with Crippen LogP contribution in [0.2, 0.25) is 0 Å². The van der Waals surface area contributed by atoms with Crippen molar-refractivity contribution in [3.05, 3.63) is 41.4 Å². The SMILES string of the molecule is Brc1ccc(NC2CCC(Oc3cnccn3)CC2)nc1. The molecule has 2 aromatic heterocycles. The molecular formula is C15H17BrN4O. The molecule has 0 radical (unpaired) electrons. The first-order valence-corrected chi connectivity index (χ1v) is 7.89. The van der Waals surface area contributed by atoms with E-state index in [9.17, 15) is 0 Å². The Kier molecular flexibility index (Phi) is 4.65. The van der Waals surface area contributed by atoms with Gasteiger partial charge in [0, 0.05) is 29.1 Å². The van der Waals surface area contributed by atoms with Crippen LogP contribution >= 0.6 is 15.9 Å². The molecule has 2 aromatic rings. The Balaban J connectivity index is 1.47. The average Bonchev–Trinajstić information content (AvgIpc) is 2.53. The molecule has 1 N–H and O–H groups in total. The lowest BCUT2D eigenvalue weighted by Crippen LogP contribution is -2.31. The van der Waals surface area contributed by atoms with E-state index in [1.54, 1.807) is 18.6 Å². The number of nitrogens with zero attached hydrogens (tertiary/aromatic N) is 3. The van der Waals surface area contributed by atoms with Crippen molar-refractivity contribution in [2.75, 3.05) is 5.32 Å². The van der Waals surface area contributed by atoms with Crippen molar-refractivity contribution >= 4 is 21.7 Å². The summed E-state index contributed by atoms with van der Waals surface area (Å²) in [7, 11) is 0. The number of hydrogen-bond donors (Lipinski definition) is 1. The Morgan fingerprint density at radius 2 is 1.90 bits per heavy atom. The Bertz CT molecular complexity index is 556. The van der Waals surface area contributed by atoms with E-state index in [1.807, 2.05) is 18.3 Å². The molecule has 3 rings (SSSR count). The van der Waals surface area contributed by atoms with Gasteiger partial charge in [-0.2, -0.15) is 0 Å². The van der Waals surface area contributed by atoms with E-state index < -0.39 is 0 Å². The van der Waals surface area contributed by atoms with Gasteiger partial charge in [-0.1, -0.05) is 0 Å². The summed E-state index contributed by atoms with van der Waals surface area (Å²) in [5.74, 6) is 1.54. The lowest BCUT2D eigenvalue weighted by molar-refractivity contribution is 0.143. The van der Waals surface area contributed by atoms with Crippen LogP contribution in [0.1, 0.15) is 25.7 Å². The Morgan fingerprint density at radius 1 is 1.05 bits per heavy atom. The highest BCUT2D eigenvalue weighted by Crippen LogP contribution is 2.24. The zero-order chi connectivity index (χ0) is 14.5. The summed E-state index contributed by atoms with van der Waals surface area (Å²) >= 11 is 3.39. The molecular weight excluding hydrogens is 332 g/mol. The van der Waals surface area contributed by atoms with Gasteiger partial charge in [0.1, 0.15) is 11.9 Å². The first kappa shape index (κ1) is 14.3. The quantitative estimate of drug-likeness (QED) is 0.916. The van der Waals surface area contributed by atoms with Crippen LogP contribution in [0.15, 0.2) is 41.4 Å². The van der Waals surface area contributed by atoms with Crippen molar-refractivity contribution in [3.8, 4) is 5.88 Å². The third-order valence-electron chi connectivity index (χ3n) is 3.58. The minimum atomic E-state index is 0.234. The molecule has 1 saturated carbocycles. The lowest BCUT2D eigenvalue weighted by Gasteiger charge is -2.29. The summed E-state index contributed by atoms with van der Waals surface area (Å²) in [6.07, 6.45) is 11.2. The summed E-state index contributed by atoms with van der Waals surface area (Å²) < 4.78 is 6.84. The minimum Gasteiger partial charge on any atom is -0.473 e. The number of hydrogen-bond acceptors (Lipinski definition) is 5. The molecule has 0 spiro atoms. The summed E-state index contributed by atoms with van der Waals surface area (Å²) in [4.78, 5) is 12.5. The number of ether oxygens (including phenoxy) is 1. The third kappa shape index (κ3) is 4.14. The maximum absolute atomic E-state index is 5.85. The minimum absolute atomic E-state index is 0.234. The molecule has 0 bridgehead atoms. The second kappa shape index (κ2) is 6.85. The van der Waals surface area contributed by atoms with E-state index in [0.717, 1.165) is 36.0 Å². The van der Waals surface area contributed by atoms with Crippen LogP contribution in [-0.4, -0.2) is 27.1 Å². The predicted molar refractivity (Wildman–Crippen MR) is 84.3 cm³/mol. The van der Waals surface area contributed by atoms with Gasteiger partial charge in [-0.25, -0.2) is 9.97 Å². The summed E-state index contributed by atoms with van der Waals surface area (Å²) in [6, 6.07) is 4.45. The zero-order valence-corrected chi connectivity index (χ0v) is 13.2. The number of halogens is 1. The summed E-state index contributed by atoms with van der Waals surface area (Å²) in [5.41, 5.74) is 0. The molecule has 0 atom stereocenters. The Labute approximate surface area is 132 Å². The molecule has 2 heterocycles. The monoisotopic (exact) mass is 348 g/mol. The number of aromatic nitrogens is 3. The molecule has 0 amide bonds. The molecule has 21 heavy (non-hydrogen) atoms. The average molecular weight is 349 g/mol. The van der Waals surface area contributed by atoms with Gasteiger partial charge in [0.2, 0.25) is 5.88 Å². The van der Waals surface area contributed by atoms with E-state index in [1.165, 1.54) is 0 Å². The van der Waals surface area contributed by atoms with Gasteiger partial charge in [0.25, 0.3) is 0 Å². The first-order valence-electron chi connectivity index (χ1n) is 7.10. The largest absolute Gasteiger partial charge is 0.473 e. The van der Waals surface area contributed by atoms with Gasteiger partial charge in [0.15, 0.2) is 0 Å². The van der Waals surface area contributed by atoms with Gasteiger partial charge < -0.3 is 10.1 Å². The summed E-state index contributed by atoms with van der Waals surface area (Å²) in [5, 5.41) is 3.48. The van der Waals surface area contributed by atoms with E-state index in [4.69, 9.17) is 4.74 Å². The Morgan fingerprint density at radius 3 is 2.57 bits per heavy atom. The van der Waals surface area contributed by atoms with Crippen LogP contribution in [0.4, 0.5) is 5.82 Å². The third-order valence-corrected chi connectivity index (χ3v) is 4.05. The van der Waals surface area contributed by atoms with Crippen molar-refractivity contribution in [1.82, 2.24) is 15.0 Å². The molecule has 110 valence electrons. The van der Waals surface area contributed by atoms with Crippen LogP contribution in [-0.2, 0) is 0 Å². The highest BCUT2D eigenvalue weighted by Gasteiger charge is 2.22. The van der Waals surface area contributed by atoms with Crippen molar-refractivity contribution in [1.29, 1.82) is 0 Å². The zero-order valence-electron chi connectivity index (χ0n) is 11.6. The van der Waals surface area contributed by atoms with Crippen LogP contribution in [0.3, 0.4) is 0 Å². The predicted octanol–water partition coefficient (Wildman–Crippen LogP) is 3.44. The number of pyridine rings is 1. The highest BCUT2D eigenvalue weighted by molar-refractivity contribution is 9.10. The maximum atomic E-state index is 5.85. The molecule has 0 saturated heterocycles. The normalized spacial score (nSPS) is 21.8. The number of anilines is 1. The molecule has 1 aliphatic carbocycles. The maximum Gasteiger partial charge on any atom is 0.232 e. The van der Waals surface area contributed by atoms with Gasteiger partial charge in [0.05, 0.1) is 6.20 Å². The topological polar surface area (TPSA) is 59.9 Å². The molecule has 1 fully saturated rings. The fourth-order valence-corrected chi connectivity index (χ4v) is 2.75. The second-order valence-electron chi connectivity index (χ2n) is 5.14. The summed E-state index contributed by atoms with van der Waals surface area (Å²) in [6.45, 7) is 0. The van der Waals surface area contributed by atoms with Crippen molar-refractivity contribution in [2.45, 2.75) is 37.8 Å². The fraction of sp³-hybridized carbons (Fsp3) is 0.400. The fourth-order valence-electron chi connectivity index (χ4n) is 2.51. The Hall–Kier alpha value is -1.69. The van der Waals surface area contributed by atoms with Gasteiger partial charge in [-0.15, -0.1) is 0 Å². The van der Waals surface area contributed by atoms with Crippen LogP contribution < -0.4 is 10.1 Å². The van der Waals surface area contributed by atoms with E-state index in [0.29, 0.717) is 11.9 Å². The van der Waals surface area contributed by atoms with Gasteiger partial charge in [-0.3, -0.25) is 4.98 Å². The van der Waals surface area contributed by atoms with E-state index >= 15 is 0 Å². The number of nitrogens with one attached hydrogen (secondary N) is 1. The molecule has 0 aliphatic heterocycles. The van der Waals surface area contributed by atoms with Gasteiger partial charge >= 0.3 is 0 Å².